The molecule has 1 aromatic carbocycles. The lowest BCUT2D eigenvalue weighted by Gasteiger charge is -2.35. The van der Waals surface area contributed by atoms with Gasteiger partial charge in [-0.1, -0.05) is 31.4 Å². The van der Waals surface area contributed by atoms with E-state index in [1.165, 1.54) is 25.3 Å². The van der Waals surface area contributed by atoms with Gasteiger partial charge in [0.05, 0.1) is 11.0 Å². The molecule has 0 spiro atoms. The number of nitro benzene ring substituents is 1. The SMILES string of the molecule is CC(O)CN(CCOc1ccccc1[N+](=O)[O-])C1CCCCC1. The Morgan fingerprint density at radius 2 is 2.04 bits per heavy atom. The normalized spacial score (nSPS) is 17.2. The van der Waals surface area contributed by atoms with Crippen LogP contribution in [0.3, 0.4) is 0 Å². The summed E-state index contributed by atoms with van der Waals surface area (Å²) in [6.45, 7) is 3.46. The van der Waals surface area contributed by atoms with Crippen molar-refractivity contribution in [3.63, 3.8) is 0 Å². The number of ether oxygens (including phenoxy) is 1. The van der Waals surface area contributed by atoms with Gasteiger partial charge in [-0.3, -0.25) is 15.0 Å². The van der Waals surface area contributed by atoms with Gasteiger partial charge < -0.3 is 9.84 Å². The maximum Gasteiger partial charge on any atom is 0.310 e. The van der Waals surface area contributed by atoms with Crippen molar-refractivity contribution < 1.29 is 14.8 Å². The molecule has 0 saturated heterocycles. The maximum absolute atomic E-state index is 11.0. The summed E-state index contributed by atoms with van der Waals surface area (Å²) in [7, 11) is 0. The fraction of sp³-hybridized carbons (Fsp3) is 0.647. The topological polar surface area (TPSA) is 75.8 Å². The number of para-hydroxylation sites is 2. The van der Waals surface area contributed by atoms with Gasteiger partial charge in [0.15, 0.2) is 5.75 Å². The van der Waals surface area contributed by atoms with Crippen molar-refractivity contribution in [1.82, 2.24) is 4.90 Å². The quantitative estimate of drug-likeness (QED) is 0.588. The summed E-state index contributed by atoms with van der Waals surface area (Å²) >= 11 is 0. The highest BCUT2D eigenvalue weighted by atomic mass is 16.6. The zero-order valence-electron chi connectivity index (χ0n) is 13.7. The standard InChI is InChI=1S/C17H26N2O4/c1-14(20)13-18(15-7-3-2-4-8-15)11-12-23-17-10-6-5-9-16(17)19(21)22/h5-6,9-10,14-15,20H,2-4,7-8,11-13H2,1H3. The number of benzene rings is 1. The number of nitro groups is 1. The summed E-state index contributed by atoms with van der Waals surface area (Å²) in [5.74, 6) is 0.304. The Labute approximate surface area is 137 Å². The van der Waals surface area contributed by atoms with Gasteiger partial charge in [0, 0.05) is 25.2 Å². The molecule has 1 aliphatic rings. The highest BCUT2D eigenvalue weighted by molar-refractivity contribution is 5.45. The Balaban J connectivity index is 1.92. The lowest BCUT2D eigenvalue weighted by Crippen LogP contribution is -2.43. The third-order valence-corrected chi connectivity index (χ3v) is 4.29. The predicted molar refractivity (Wildman–Crippen MR) is 88.7 cm³/mol. The third-order valence-electron chi connectivity index (χ3n) is 4.29. The first-order valence-corrected chi connectivity index (χ1v) is 8.36. The molecule has 1 saturated carbocycles. The van der Waals surface area contributed by atoms with Crippen LogP contribution in [-0.4, -0.2) is 46.8 Å². The van der Waals surface area contributed by atoms with Crippen molar-refractivity contribution in [3.05, 3.63) is 34.4 Å². The van der Waals surface area contributed by atoms with Crippen molar-refractivity contribution in [1.29, 1.82) is 0 Å². The summed E-state index contributed by atoms with van der Waals surface area (Å²) in [5.41, 5.74) is -0.00718. The molecule has 1 aliphatic carbocycles. The molecule has 6 nitrogen and oxygen atoms in total. The minimum atomic E-state index is -0.427. The molecule has 0 amide bonds. The van der Waals surface area contributed by atoms with Gasteiger partial charge in [-0.2, -0.15) is 0 Å². The van der Waals surface area contributed by atoms with Gasteiger partial charge in [-0.25, -0.2) is 0 Å². The Kier molecular flexibility index (Phi) is 6.80. The van der Waals surface area contributed by atoms with Crippen LogP contribution in [0.5, 0.6) is 5.75 Å². The van der Waals surface area contributed by atoms with Crippen molar-refractivity contribution in [2.24, 2.45) is 0 Å². The lowest BCUT2D eigenvalue weighted by molar-refractivity contribution is -0.385. The number of rotatable bonds is 8. The van der Waals surface area contributed by atoms with Crippen LogP contribution in [0.1, 0.15) is 39.0 Å². The molecule has 128 valence electrons. The first-order chi connectivity index (χ1) is 11.1. The van der Waals surface area contributed by atoms with Crippen LogP contribution in [0, 0.1) is 10.1 Å². The largest absolute Gasteiger partial charge is 0.485 e. The molecule has 1 unspecified atom stereocenters. The number of aliphatic hydroxyl groups is 1. The summed E-state index contributed by atoms with van der Waals surface area (Å²) in [6, 6.07) is 6.92. The molecule has 6 heteroatoms. The molecular formula is C17H26N2O4. The number of nitrogens with zero attached hydrogens (tertiary/aromatic N) is 2. The molecule has 23 heavy (non-hydrogen) atoms. The number of hydrogen-bond acceptors (Lipinski definition) is 5. The highest BCUT2D eigenvalue weighted by Gasteiger charge is 2.22. The van der Waals surface area contributed by atoms with Crippen LogP contribution >= 0.6 is 0 Å². The van der Waals surface area contributed by atoms with E-state index < -0.39 is 4.92 Å². The van der Waals surface area contributed by atoms with E-state index in [0.29, 0.717) is 31.5 Å². The van der Waals surface area contributed by atoms with E-state index in [9.17, 15) is 15.2 Å². The van der Waals surface area contributed by atoms with E-state index in [-0.39, 0.29) is 11.8 Å². The van der Waals surface area contributed by atoms with Gasteiger partial charge in [-0.05, 0) is 25.8 Å². The van der Waals surface area contributed by atoms with Gasteiger partial charge in [0.1, 0.15) is 6.61 Å². The van der Waals surface area contributed by atoms with Crippen LogP contribution in [0.2, 0.25) is 0 Å². The summed E-state index contributed by atoms with van der Waals surface area (Å²) in [6.07, 6.45) is 5.66. The second-order valence-corrected chi connectivity index (χ2v) is 6.21. The maximum atomic E-state index is 11.0. The molecule has 1 N–H and O–H groups in total. The molecule has 0 bridgehead atoms. The molecule has 1 atom stereocenters. The Bertz CT molecular complexity index is 501. The number of aliphatic hydroxyl groups excluding tert-OH is 1. The first-order valence-electron chi connectivity index (χ1n) is 8.36. The molecule has 1 fully saturated rings. The smallest absolute Gasteiger partial charge is 0.310 e. The number of hydrogen-bond donors (Lipinski definition) is 1. The average molecular weight is 322 g/mol. The van der Waals surface area contributed by atoms with E-state index in [1.807, 2.05) is 0 Å². The minimum Gasteiger partial charge on any atom is -0.485 e. The fourth-order valence-corrected chi connectivity index (χ4v) is 3.21. The van der Waals surface area contributed by atoms with E-state index in [4.69, 9.17) is 4.74 Å². The van der Waals surface area contributed by atoms with Gasteiger partial charge in [-0.15, -0.1) is 0 Å². The van der Waals surface area contributed by atoms with Crippen molar-refractivity contribution >= 4 is 5.69 Å². The van der Waals surface area contributed by atoms with Crippen LogP contribution < -0.4 is 4.74 Å². The van der Waals surface area contributed by atoms with E-state index >= 15 is 0 Å². The Morgan fingerprint density at radius 1 is 1.35 bits per heavy atom. The van der Waals surface area contributed by atoms with Crippen molar-refractivity contribution in [2.75, 3.05) is 19.7 Å². The van der Waals surface area contributed by atoms with Gasteiger partial charge >= 0.3 is 5.69 Å². The van der Waals surface area contributed by atoms with E-state index in [1.54, 1.807) is 25.1 Å². The highest BCUT2D eigenvalue weighted by Crippen LogP contribution is 2.26. The predicted octanol–water partition coefficient (Wildman–Crippen LogP) is 2.99. The molecular weight excluding hydrogens is 296 g/mol. The fourth-order valence-electron chi connectivity index (χ4n) is 3.21. The summed E-state index contributed by atoms with van der Waals surface area (Å²) in [4.78, 5) is 12.8. The molecule has 0 radical (unpaired) electrons. The first kappa shape index (κ1) is 17.7. The average Bonchev–Trinajstić information content (AvgIpc) is 2.54. The lowest BCUT2D eigenvalue weighted by atomic mass is 9.94. The second kappa shape index (κ2) is 8.84. The molecule has 2 rings (SSSR count). The molecule has 0 aliphatic heterocycles. The molecule has 0 heterocycles. The Morgan fingerprint density at radius 3 is 2.70 bits per heavy atom. The van der Waals surface area contributed by atoms with Crippen molar-refractivity contribution in [3.8, 4) is 5.75 Å². The third kappa shape index (κ3) is 5.48. The van der Waals surface area contributed by atoms with Crippen LogP contribution in [-0.2, 0) is 0 Å². The summed E-state index contributed by atoms with van der Waals surface area (Å²) in [5, 5.41) is 20.7. The van der Waals surface area contributed by atoms with Crippen LogP contribution in [0.4, 0.5) is 5.69 Å². The molecule has 1 aromatic rings. The van der Waals surface area contributed by atoms with Crippen LogP contribution in [0.25, 0.3) is 0 Å². The summed E-state index contributed by atoms with van der Waals surface area (Å²) < 4.78 is 5.64. The van der Waals surface area contributed by atoms with E-state index in [0.717, 1.165) is 12.8 Å². The van der Waals surface area contributed by atoms with E-state index in [2.05, 4.69) is 4.90 Å². The van der Waals surface area contributed by atoms with Crippen molar-refractivity contribution in [2.45, 2.75) is 51.2 Å². The minimum absolute atomic E-state index is 0.00718. The monoisotopic (exact) mass is 322 g/mol. The Hall–Kier alpha value is -1.66. The van der Waals surface area contributed by atoms with Gasteiger partial charge in [0.2, 0.25) is 0 Å². The van der Waals surface area contributed by atoms with Crippen LogP contribution in [0.15, 0.2) is 24.3 Å². The second-order valence-electron chi connectivity index (χ2n) is 6.21. The van der Waals surface area contributed by atoms with Gasteiger partial charge in [0.25, 0.3) is 0 Å². The zero-order chi connectivity index (χ0) is 16.7. The molecule has 0 aromatic heterocycles. The zero-order valence-corrected chi connectivity index (χ0v) is 13.7.